The first-order chi connectivity index (χ1) is 10.3. The van der Waals surface area contributed by atoms with E-state index in [4.69, 9.17) is 0 Å². The van der Waals surface area contributed by atoms with Gasteiger partial charge in [0.15, 0.2) is 0 Å². The average molecular weight is 305 g/mol. The van der Waals surface area contributed by atoms with Gasteiger partial charge in [-0.25, -0.2) is 0 Å². The van der Waals surface area contributed by atoms with Crippen molar-refractivity contribution in [1.29, 1.82) is 0 Å². The number of carbonyl (C=O) groups excluding carboxylic acids is 1. The Morgan fingerprint density at radius 1 is 1.33 bits per heavy atom. The molecule has 3 heteroatoms. The van der Waals surface area contributed by atoms with Crippen molar-refractivity contribution in [2.24, 2.45) is 5.92 Å². The maximum Gasteiger partial charge on any atom is 0.223 e. The molecular weight excluding hydrogens is 278 g/mol. The Labute approximate surface area is 132 Å². The molecule has 3 rings (SSSR count). The zero-order valence-corrected chi connectivity index (χ0v) is 14.0. The molecule has 2 heterocycles. The third-order valence-electron chi connectivity index (χ3n) is 5.29. The molecule has 0 radical (unpaired) electrons. The zero-order valence-electron chi connectivity index (χ0n) is 13.1. The van der Waals surface area contributed by atoms with Crippen LogP contribution in [0.3, 0.4) is 0 Å². The lowest BCUT2D eigenvalue weighted by molar-refractivity contribution is -0.134. The van der Waals surface area contributed by atoms with Gasteiger partial charge in [-0.05, 0) is 42.2 Å². The van der Waals surface area contributed by atoms with Crippen molar-refractivity contribution in [1.82, 2.24) is 4.90 Å². The number of nitrogens with zero attached hydrogens (tertiary/aromatic N) is 1. The first-order valence-electron chi connectivity index (χ1n) is 8.65. The second kappa shape index (κ2) is 6.95. The van der Waals surface area contributed by atoms with Crippen molar-refractivity contribution >= 4 is 17.2 Å². The molecule has 116 valence electrons. The molecule has 0 N–H and O–H groups in total. The van der Waals surface area contributed by atoms with E-state index in [1.807, 2.05) is 11.3 Å². The smallest absolute Gasteiger partial charge is 0.223 e. The van der Waals surface area contributed by atoms with Crippen molar-refractivity contribution in [2.75, 3.05) is 6.54 Å². The molecule has 1 aromatic heterocycles. The highest BCUT2D eigenvalue weighted by Gasteiger charge is 2.30. The predicted octanol–water partition coefficient (Wildman–Crippen LogP) is 4.94. The fourth-order valence-corrected chi connectivity index (χ4v) is 5.01. The summed E-state index contributed by atoms with van der Waals surface area (Å²) < 4.78 is 0. The summed E-state index contributed by atoms with van der Waals surface area (Å²) in [5.41, 5.74) is 1.42. The largest absolute Gasteiger partial charge is 0.335 e. The van der Waals surface area contributed by atoms with Gasteiger partial charge in [0, 0.05) is 17.8 Å². The topological polar surface area (TPSA) is 20.3 Å². The minimum atomic E-state index is 0.332. The second-order valence-corrected chi connectivity index (χ2v) is 7.60. The van der Waals surface area contributed by atoms with Gasteiger partial charge in [-0.2, -0.15) is 0 Å². The highest BCUT2D eigenvalue weighted by Crippen LogP contribution is 2.36. The quantitative estimate of drug-likeness (QED) is 0.771. The predicted molar refractivity (Wildman–Crippen MR) is 88.6 cm³/mol. The highest BCUT2D eigenvalue weighted by molar-refractivity contribution is 7.10. The summed E-state index contributed by atoms with van der Waals surface area (Å²) >= 11 is 1.86. The number of amides is 1. The summed E-state index contributed by atoms with van der Waals surface area (Å²) in [6.07, 6.45) is 10.8. The van der Waals surface area contributed by atoms with Crippen molar-refractivity contribution in [3.05, 3.63) is 21.9 Å². The Morgan fingerprint density at radius 3 is 2.90 bits per heavy atom. The van der Waals surface area contributed by atoms with E-state index >= 15 is 0 Å². The molecule has 21 heavy (non-hydrogen) atoms. The summed E-state index contributed by atoms with van der Waals surface area (Å²) in [7, 11) is 0. The summed E-state index contributed by atoms with van der Waals surface area (Å²) in [4.78, 5) is 16.3. The summed E-state index contributed by atoms with van der Waals surface area (Å²) in [6.45, 7) is 3.13. The van der Waals surface area contributed by atoms with Crippen LogP contribution in [0.25, 0.3) is 0 Å². The number of carbonyl (C=O) groups is 1. The van der Waals surface area contributed by atoms with Gasteiger partial charge in [0.25, 0.3) is 0 Å². The Bertz CT molecular complexity index is 475. The normalized spacial score (nSPS) is 23.1. The van der Waals surface area contributed by atoms with Crippen LogP contribution in [-0.2, 0) is 11.2 Å². The van der Waals surface area contributed by atoms with Crippen LogP contribution in [0.5, 0.6) is 0 Å². The highest BCUT2D eigenvalue weighted by atomic mass is 32.1. The van der Waals surface area contributed by atoms with Crippen LogP contribution in [0.15, 0.2) is 11.4 Å². The van der Waals surface area contributed by atoms with Gasteiger partial charge in [-0.1, -0.05) is 39.0 Å². The molecule has 2 aliphatic rings. The summed E-state index contributed by atoms with van der Waals surface area (Å²) in [5.74, 6) is 1.20. The van der Waals surface area contributed by atoms with Crippen LogP contribution in [-0.4, -0.2) is 17.4 Å². The van der Waals surface area contributed by atoms with Gasteiger partial charge in [-0.3, -0.25) is 4.79 Å². The lowest BCUT2D eigenvalue weighted by atomic mass is 9.86. The third kappa shape index (κ3) is 3.33. The molecule has 1 aromatic rings. The zero-order chi connectivity index (χ0) is 14.7. The molecule has 1 amide bonds. The molecule has 0 spiro atoms. The van der Waals surface area contributed by atoms with Gasteiger partial charge < -0.3 is 4.90 Å². The summed E-state index contributed by atoms with van der Waals surface area (Å²) in [5, 5.41) is 2.18. The van der Waals surface area contributed by atoms with E-state index in [0.29, 0.717) is 11.9 Å². The fourth-order valence-electron chi connectivity index (χ4n) is 4.08. The molecule has 1 atom stereocenters. The molecule has 1 fully saturated rings. The lowest BCUT2D eigenvalue weighted by Crippen LogP contribution is -2.39. The van der Waals surface area contributed by atoms with Crippen LogP contribution in [0.4, 0.5) is 0 Å². The first-order valence-corrected chi connectivity index (χ1v) is 9.53. The molecule has 1 unspecified atom stereocenters. The van der Waals surface area contributed by atoms with E-state index in [2.05, 4.69) is 23.3 Å². The van der Waals surface area contributed by atoms with E-state index in [1.54, 1.807) is 0 Å². The molecule has 2 nitrogen and oxygen atoms in total. The Balaban J connectivity index is 1.59. The average Bonchev–Trinajstić information content (AvgIpc) is 3.01. The van der Waals surface area contributed by atoms with E-state index in [-0.39, 0.29) is 0 Å². The molecule has 0 aromatic carbocycles. The molecule has 0 bridgehead atoms. The van der Waals surface area contributed by atoms with Crippen molar-refractivity contribution in [2.45, 2.75) is 70.8 Å². The minimum Gasteiger partial charge on any atom is -0.335 e. The number of hydrogen-bond acceptors (Lipinski definition) is 2. The molecular formula is C18H27NOS. The van der Waals surface area contributed by atoms with E-state index < -0.39 is 0 Å². The minimum absolute atomic E-state index is 0.332. The third-order valence-corrected chi connectivity index (χ3v) is 6.29. The van der Waals surface area contributed by atoms with Crippen molar-refractivity contribution in [3.8, 4) is 0 Å². The van der Waals surface area contributed by atoms with Crippen LogP contribution < -0.4 is 0 Å². The van der Waals surface area contributed by atoms with Crippen LogP contribution in [0, 0.1) is 5.92 Å². The van der Waals surface area contributed by atoms with Crippen molar-refractivity contribution in [3.63, 3.8) is 0 Å². The number of fused-ring (bicyclic) bond motifs is 1. The van der Waals surface area contributed by atoms with Gasteiger partial charge in [0.05, 0.1) is 6.04 Å². The van der Waals surface area contributed by atoms with Crippen molar-refractivity contribution < 1.29 is 4.79 Å². The molecule has 1 aliphatic heterocycles. The van der Waals surface area contributed by atoms with Crippen LogP contribution >= 0.6 is 11.3 Å². The first kappa shape index (κ1) is 15.1. The Morgan fingerprint density at radius 2 is 2.14 bits per heavy atom. The monoisotopic (exact) mass is 305 g/mol. The Hall–Kier alpha value is -0.830. The van der Waals surface area contributed by atoms with Gasteiger partial charge in [-0.15, -0.1) is 11.3 Å². The van der Waals surface area contributed by atoms with Gasteiger partial charge in [0.2, 0.25) is 5.91 Å². The summed E-state index contributed by atoms with van der Waals surface area (Å²) in [6, 6.07) is 2.56. The Kier molecular flexibility index (Phi) is 4.99. The fraction of sp³-hybridized carbons (Fsp3) is 0.722. The molecule has 1 aliphatic carbocycles. The van der Waals surface area contributed by atoms with E-state index in [0.717, 1.165) is 38.1 Å². The molecule has 1 saturated carbocycles. The van der Waals surface area contributed by atoms with Crippen LogP contribution in [0.2, 0.25) is 0 Å². The molecule has 0 saturated heterocycles. The number of thiophene rings is 1. The van der Waals surface area contributed by atoms with E-state index in [1.165, 1.54) is 42.5 Å². The number of hydrogen-bond donors (Lipinski definition) is 0. The maximum absolute atomic E-state index is 12.7. The van der Waals surface area contributed by atoms with Gasteiger partial charge in [0.1, 0.15) is 0 Å². The standard InChI is InChI=1S/C18H27NOS/c1-2-16-15-11-13-21-17(15)10-12-19(16)18(20)9-8-14-6-4-3-5-7-14/h11,13-14,16H,2-10,12H2,1H3. The second-order valence-electron chi connectivity index (χ2n) is 6.60. The van der Waals surface area contributed by atoms with E-state index in [9.17, 15) is 4.79 Å². The van der Waals surface area contributed by atoms with Gasteiger partial charge >= 0.3 is 0 Å². The lowest BCUT2D eigenvalue weighted by Gasteiger charge is -2.36. The SMILES string of the molecule is CCC1c2ccsc2CCN1C(=O)CCC1CCCCC1. The maximum atomic E-state index is 12.7. The van der Waals surface area contributed by atoms with Crippen LogP contribution in [0.1, 0.15) is 74.8 Å². The number of rotatable bonds is 4.